The molecule has 1 heterocycles. The molecule has 4 nitrogen and oxygen atoms in total. The van der Waals surface area contributed by atoms with E-state index in [2.05, 4.69) is 22.3 Å². The van der Waals surface area contributed by atoms with Gasteiger partial charge in [-0.3, -0.25) is 4.90 Å². The fourth-order valence-corrected chi connectivity index (χ4v) is 1.99. The number of nitrogens with zero attached hydrogens (tertiary/aromatic N) is 2. The Morgan fingerprint density at radius 3 is 2.70 bits per heavy atom. The van der Waals surface area contributed by atoms with Crippen molar-refractivity contribution in [3.63, 3.8) is 0 Å². The Morgan fingerprint density at radius 2 is 2.00 bits per heavy atom. The Kier molecular flexibility index (Phi) is 5.26. The van der Waals surface area contributed by atoms with Gasteiger partial charge in [0.15, 0.2) is 5.76 Å². The van der Waals surface area contributed by atoms with Crippen molar-refractivity contribution in [3.05, 3.63) is 53.2 Å². The van der Waals surface area contributed by atoms with Gasteiger partial charge in [-0.25, -0.2) is 4.39 Å². The second kappa shape index (κ2) is 7.17. The SMILES string of the molecule is CCNCc1cc(CN(C)Cc2ccc(F)cc2)on1. The van der Waals surface area contributed by atoms with E-state index in [1.165, 1.54) is 12.1 Å². The van der Waals surface area contributed by atoms with Crippen LogP contribution in [0, 0.1) is 5.82 Å². The van der Waals surface area contributed by atoms with Crippen LogP contribution in [0.15, 0.2) is 34.9 Å². The highest BCUT2D eigenvalue weighted by atomic mass is 19.1. The molecule has 0 radical (unpaired) electrons. The Labute approximate surface area is 118 Å². The quantitative estimate of drug-likeness (QED) is 0.844. The molecule has 0 bridgehead atoms. The Bertz CT molecular complexity index is 524. The number of halogens is 1. The van der Waals surface area contributed by atoms with E-state index >= 15 is 0 Å². The standard InChI is InChI=1S/C15H20FN3O/c1-3-17-9-14-8-15(20-18-14)11-19(2)10-12-4-6-13(16)7-5-12/h4-8,17H,3,9-11H2,1-2H3. The minimum absolute atomic E-state index is 0.209. The summed E-state index contributed by atoms with van der Waals surface area (Å²) in [5.74, 6) is 0.627. The van der Waals surface area contributed by atoms with Gasteiger partial charge in [-0.05, 0) is 31.3 Å². The van der Waals surface area contributed by atoms with Gasteiger partial charge in [0, 0.05) is 19.2 Å². The molecule has 108 valence electrons. The zero-order chi connectivity index (χ0) is 14.4. The molecular weight excluding hydrogens is 257 g/mol. The highest BCUT2D eigenvalue weighted by Gasteiger charge is 2.07. The highest BCUT2D eigenvalue weighted by molar-refractivity contribution is 5.16. The van der Waals surface area contributed by atoms with Gasteiger partial charge in [0.2, 0.25) is 0 Å². The summed E-state index contributed by atoms with van der Waals surface area (Å²) in [6.45, 7) is 5.10. The van der Waals surface area contributed by atoms with E-state index in [1.54, 1.807) is 12.1 Å². The maximum absolute atomic E-state index is 12.8. The third kappa shape index (κ3) is 4.43. The summed E-state index contributed by atoms with van der Waals surface area (Å²) in [6, 6.07) is 8.51. The maximum atomic E-state index is 12.8. The van der Waals surface area contributed by atoms with Gasteiger partial charge in [-0.1, -0.05) is 24.2 Å². The topological polar surface area (TPSA) is 41.3 Å². The van der Waals surface area contributed by atoms with E-state index in [9.17, 15) is 4.39 Å². The summed E-state index contributed by atoms with van der Waals surface area (Å²) in [7, 11) is 2.00. The Hall–Kier alpha value is -1.72. The van der Waals surface area contributed by atoms with Crippen molar-refractivity contribution in [3.8, 4) is 0 Å². The van der Waals surface area contributed by atoms with Crippen LogP contribution in [0.1, 0.15) is 23.9 Å². The van der Waals surface area contributed by atoms with Crippen LogP contribution in [0.25, 0.3) is 0 Å². The number of benzene rings is 1. The first-order valence-corrected chi connectivity index (χ1v) is 6.75. The molecule has 0 amide bonds. The molecule has 0 aliphatic heterocycles. The zero-order valence-electron chi connectivity index (χ0n) is 11.9. The zero-order valence-corrected chi connectivity index (χ0v) is 11.9. The van der Waals surface area contributed by atoms with Crippen molar-refractivity contribution < 1.29 is 8.91 Å². The summed E-state index contributed by atoms with van der Waals surface area (Å²) >= 11 is 0. The largest absolute Gasteiger partial charge is 0.360 e. The van der Waals surface area contributed by atoms with Gasteiger partial charge < -0.3 is 9.84 Å². The van der Waals surface area contributed by atoms with E-state index in [1.807, 2.05) is 13.1 Å². The number of hydrogen-bond donors (Lipinski definition) is 1. The Balaban J connectivity index is 1.86. The van der Waals surface area contributed by atoms with Crippen LogP contribution in [0.4, 0.5) is 4.39 Å². The average Bonchev–Trinajstić information content (AvgIpc) is 2.86. The molecular formula is C15H20FN3O. The summed E-state index contributed by atoms with van der Waals surface area (Å²) < 4.78 is 18.1. The van der Waals surface area contributed by atoms with E-state index in [0.29, 0.717) is 6.54 Å². The molecule has 0 saturated carbocycles. The smallest absolute Gasteiger partial charge is 0.151 e. The first-order chi connectivity index (χ1) is 9.67. The Morgan fingerprint density at radius 1 is 1.25 bits per heavy atom. The molecule has 0 atom stereocenters. The first-order valence-electron chi connectivity index (χ1n) is 6.75. The molecule has 0 aliphatic carbocycles. The van der Waals surface area contributed by atoms with Crippen molar-refractivity contribution in [2.24, 2.45) is 0 Å². The number of nitrogens with one attached hydrogen (secondary N) is 1. The van der Waals surface area contributed by atoms with Crippen LogP contribution in [0.2, 0.25) is 0 Å². The summed E-state index contributed by atoms with van der Waals surface area (Å²) in [5, 5.41) is 7.22. The molecule has 0 saturated heterocycles. The molecule has 2 aromatic rings. The van der Waals surface area contributed by atoms with Crippen molar-refractivity contribution in [1.82, 2.24) is 15.4 Å². The van der Waals surface area contributed by atoms with Gasteiger partial charge in [0.25, 0.3) is 0 Å². The van der Waals surface area contributed by atoms with E-state index < -0.39 is 0 Å². The van der Waals surface area contributed by atoms with Gasteiger partial charge in [0.05, 0.1) is 12.2 Å². The van der Waals surface area contributed by atoms with Crippen molar-refractivity contribution in [2.45, 2.75) is 26.6 Å². The van der Waals surface area contributed by atoms with Gasteiger partial charge in [0.1, 0.15) is 5.82 Å². The predicted octanol–water partition coefficient (Wildman–Crippen LogP) is 2.56. The van der Waals surface area contributed by atoms with Gasteiger partial charge >= 0.3 is 0 Å². The van der Waals surface area contributed by atoms with Crippen LogP contribution in [-0.4, -0.2) is 23.6 Å². The van der Waals surface area contributed by atoms with Crippen LogP contribution < -0.4 is 5.32 Å². The fourth-order valence-electron chi connectivity index (χ4n) is 1.99. The minimum Gasteiger partial charge on any atom is -0.360 e. The molecule has 1 aromatic carbocycles. The fraction of sp³-hybridized carbons (Fsp3) is 0.400. The van der Waals surface area contributed by atoms with E-state index in [0.717, 1.165) is 36.7 Å². The van der Waals surface area contributed by atoms with Crippen LogP contribution in [0.5, 0.6) is 0 Å². The normalized spacial score (nSPS) is 11.2. The molecule has 0 unspecified atom stereocenters. The lowest BCUT2D eigenvalue weighted by molar-refractivity contribution is 0.265. The molecule has 0 aliphatic rings. The van der Waals surface area contributed by atoms with Crippen molar-refractivity contribution in [1.29, 1.82) is 0 Å². The molecule has 20 heavy (non-hydrogen) atoms. The second-order valence-electron chi connectivity index (χ2n) is 4.86. The van der Waals surface area contributed by atoms with Crippen molar-refractivity contribution in [2.75, 3.05) is 13.6 Å². The minimum atomic E-state index is -0.209. The third-order valence-electron chi connectivity index (χ3n) is 2.96. The molecule has 0 spiro atoms. The lowest BCUT2D eigenvalue weighted by Gasteiger charge is -2.14. The first kappa shape index (κ1) is 14.7. The van der Waals surface area contributed by atoms with E-state index in [-0.39, 0.29) is 5.82 Å². The molecule has 5 heteroatoms. The summed E-state index contributed by atoms with van der Waals surface area (Å²) in [4.78, 5) is 2.10. The molecule has 0 fully saturated rings. The lowest BCUT2D eigenvalue weighted by Crippen LogP contribution is -2.16. The van der Waals surface area contributed by atoms with Gasteiger partial charge in [-0.15, -0.1) is 0 Å². The second-order valence-corrected chi connectivity index (χ2v) is 4.86. The highest BCUT2D eigenvalue weighted by Crippen LogP contribution is 2.10. The summed E-state index contributed by atoms with van der Waals surface area (Å²) in [6.07, 6.45) is 0. The average molecular weight is 277 g/mol. The number of hydrogen-bond acceptors (Lipinski definition) is 4. The lowest BCUT2D eigenvalue weighted by atomic mass is 10.2. The maximum Gasteiger partial charge on any atom is 0.151 e. The van der Waals surface area contributed by atoms with Crippen LogP contribution >= 0.6 is 0 Å². The molecule has 1 aromatic heterocycles. The van der Waals surface area contributed by atoms with Crippen LogP contribution in [0.3, 0.4) is 0 Å². The van der Waals surface area contributed by atoms with E-state index in [4.69, 9.17) is 4.52 Å². The number of rotatable bonds is 7. The number of aromatic nitrogens is 1. The molecule has 2 rings (SSSR count). The third-order valence-corrected chi connectivity index (χ3v) is 2.96. The monoisotopic (exact) mass is 277 g/mol. The molecule has 1 N–H and O–H groups in total. The van der Waals surface area contributed by atoms with Crippen LogP contribution in [-0.2, 0) is 19.6 Å². The summed E-state index contributed by atoms with van der Waals surface area (Å²) in [5.41, 5.74) is 1.98. The van der Waals surface area contributed by atoms with Crippen molar-refractivity contribution >= 4 is 0 Å². The predicted molar refractivity (Wildman–Crippen MR) is 75.5 cm³/mol. The van der Waals surface area contributed by atoms with Gasteiger partial charge in [-0.2, -0.15) is 0 Å².